The Bertz CT molecular complexity index is 443. The molecule has 0 saturated heterocycles. The molecule has 0 spiro atoms. The Kier molecular flexibility index (Phi) is 2.76. The Morgan fingerprint density at radius 3 is 3.00 bits per heavy atom. The molecule has 1 aliphatic rings. The topological polar surface area (TPSA) is 29.9 Å². The van der Waals surface area contributed by atoms with Gasteiger partial charge in [0.1, 0.15) is 0 Å². The molecule has 1 fully saturated rings. The van der Waals surface area contributed by atoms with E-state index in [9.17, 15) is 0 Å². The van der Waals surface area contributed by atoms with Crippen LogP contribution >= 0.6 is 11.3 Å². The van der Waals surface area contributed by atoms with Crippen molar-refractivity contribution in [2.45, 2.75) is 32.0 Å². The van der Waals surface area contributed by atoms with E-state index in [1.54, 1.807) is 0 Å². The van der Waals surface area contributed by atoms with E-state index in [4.69, 9.17) is 0 Å². The first-order chi connectivity index (χ1) is 7.90. The molecule has 3 nitrogen and oxygen atoms in total. The first kappa shape index (κ1) is 10.1. The van der Waals surface area contributed by atoms with Gasteiger partial charge in [-0.1, -0.05) is 0 Å². The van der Waals surface area contributed by atoms with E-state index in [0.717, 1.165) is 19.1 Å². The fraction of sp³-hybridized carbons (Fsp3) is 0.417. The highest BCUT2D eigenvalue weighted by Crippen LogP contribution is 2.22. The molecule has 16 heavy (non-hydrogen) atoms. The lowest BCUT2D eigenvalue weighted by Crippen LogP contribution is -2.14. The predicted molar refractivity (Wildman–Crippen MR) is 65.5 cm³/mol. The van der Waals surface area contributed by atoms with Gasteiger partial charge in [0.05, 0.1) is 6.54 Å². The number of rotatable bonds is 5. The zero-order valence-corrected chi connectivity index (χ0v) is 9.91. The summed E-state index contributed by atoms with van der Waals surface area (Å²) in [7, 11) is 0. The number of aromatic nitrogens is 2. The third-order valence-electron chi connectivity index (χ3n) is 2.74. The average molecular weight is 233 g/mol. The first-order valence-electron chi connectivity index (χ1n) is 5.68. The van der Waals surface area contributed by atoms with E-state index in [0.29, 0.717) is 0 Å². The maximum atomic E-state index is 4.21. The van der Waals surface area contributed by atoms with Crippen molar-refractivity contribution >= 4 is 11.3 Å². The summed E-state index contributed by atoms with van der Waals surface area (Å²) in [5.41, 5.74) is 0. The van der Waals surface area contributed by atoms with Crippen molar-refractivity contribution in [2.24, 2.45) is 0 Å². The van der Waals surface area contributed by atoms with Crippen LogP contribution in [0.4, 0.5) is 0 Å². The summed E-state index contributed by atoms with van der Waals surface area (Å²) in [6, 6.07) is 7.18. The van der Waals surface area contributed by atoms with E-state index in [1.165, 1.54) is 22.6 Å². The Morgan fingerprint density at radius 2 is 2.25 bits per heavy atom. The molecule has 0 bridgehead atoms. The molecule has 1 aliphatic carbocycles. The molecule has 0 atom stereocenters. The van der Waals surface area contributed by atoms with Gasteiger partial charge in [0.2, 0.25) is 0 Å². The minimum atomic E-state index is 0.789. The maximum Gasteiger partial charge on any atom is 0.0752 e. The van der Waals surface area contributed by atoms with Gasteiger partial charge in [0.25, 0.3) is 0 Å². The van der Waals surface area contributed by atoms with Crippen molar-refractivity contribution in [2.75, 3.05) is 0 Å². The lowest BCUT2D eigenvalue weighted by molar-refractivity contribution is 0.694. The van der Waals surface area contributed by atoms with Crippen molar-refractivity contribution in [1.29, 1.82) is 0 Å². The summed E-state index contributed by atoms with van der Waals surface area (Å²) < 4.78 is 1.96. The zero-order valence-electron chi connectivity index (χ0n) is 9.10. The molecule has 0 aromatic carbocycles. The molecule has 4 heteroatoms. The van der Waals surface area contributed by atoms with Gasteiger partial charge in [0.15, 0.2) is 0 Å². The number of hydrogen-bond donors (Lipinski definition) is 1. The molecule has 2 heterocycles. The van der Waals surface area contributed by atoms with Crippen LogP contribution in [0.2, 0.25) is 0 Å². The highest BCUT2D eigenvalue weighted by Gasteiger charge is 2.20. The van der Waals surface area contributed by atoms with Crippen molar-refractivity contribution in [3.05, 3.63) is 40.3 Å². The van der Waals surface area contributed by atoms with E-state index in [-0.39, 0.29) is 0 Å². The summed E-state index contributed by atoms with van der Waals surface area (Å²) in [6.45, 7) is 1.91. The van der Waals surface area contributed by atoms with Gasteiger partial charge in [-0.15, -0.1) is 11.3 Å². The molecule has 84 valence electrons. The SMILES string of the molecule is c1cnn(Cc2ccc(CNC3CC3)s2)c1. The fourth-order valence-corrected chi connectivity index (χ4v) is 2.65. The second kappa shape index (κ2) is 4.39. The normalized spacial score (nSPS) is 15.5. The van der Waals surface area contributed by atoms with Crippen LogP contribution in [-0.2, 0) is 13.1 Å². The Labute approximate surface area is 99.1 Å². The van der Waals surface area contributed by atoms with Crippen LogP contribution in [0.3, 0.4) is 0 Å². The monoisotopic (exact) mass is 233 g/mol. The highest BCUT2D eigenvalue weighted by atomic mass is 32.1. The molecule has 2 aromatic heterocycles. The molecule has 0 amide bonds. The molecular weight excluding hydrogens is 218 g/mol. The Hall–Kier alpha value is -1.13. The molecular formula is C12H15N3S. The minimum Gasteiger partial charge on any atom is -0.309 e. The van der Waals surface area contributed by atoms with E-state index >= 15 is 0 Å². The molecule has 1 saturated carbocycles. The maximum absolute atomic E-state index is 4.21. The van der Waals surface area contributed by atoms with Gasteiger partial charge in [-0.25, -0.2) is 0 Å². The number of hydrogen-bond acceptors (Lipinski definition) is 3. The summed E-state index contributed by atoms with van der Waals surface area (Å²) >= 11 is 1.88. The minimum absolute atomic E-state index is 0.789. The third-order valence-corrected chi connectivity index (χ3v) is 3.81. The van der Waals surface area contributed by atoms with E-state index in [1.807, 2.05) is 34.5 Å². The molecule has 3 rings (SSSR count). The smallest absolute Gasteiger partial charge is 0.0752 e. The van der Waals surface area contributed by atoms with Crippen LogP contribution in [0.1, 0.15) is 22.6 Å². The van der Waals surface area contributed by atoms with Crippen LogP contribution in [0.5, 0.6) is 0 Å². The lowest BCUT2D eigenvalue weighted by atomic mass is 10.4. The highest BCUT2D eigenvalue weighted by molar-refractivity contribution is 7.11. The molecule has 0 unspecified atom stereocenters. The van der Waals surface area contributed by atoms with Crippen molar-refractivity contribution in [3.8, 4) is 0 Å². The average Bonchev–Trinajstić information content (AvgIpc) is 2.78. The number of nitrogens with one attached hydrogen (secondary N) is 1. The van der Waals surface area contributed by atoms with Crippen LogP contribution < -0.4 is 5.32 Å². The fourth-order valence-electron chi connectivity index (χ4n) is 1.69. The van der Waals surface area contributed by atoms with Gasteiger partial charge >= 0.3 is 0 Å². The Morgan fingerprint density at radius 1 is 1.38 bits per heavy atom. The summed E-state index contributed by atoms with van der Waals surface area (Å²) in [5.74, 6) is 0. The summed E-state index contributed by atoms with van der Waals surface area (Å²) in [6.07, 6.45) is 6.53. The number of nitrogens with zero attached hydrogens (tertiary/aromatic N) is 2. The molecule has 1 N–H and O–H groups in total. The Balaban J connectivity index is 1.58. The van der Waals surface area contributed by atoms with Crippen LogP contribution in [0.15, 0.2) is 30.6 Å². The second-order valence-corrected chi connectivity index (χ2v) is 5.48. The van der Waals surface area contributed by atoms with Crippen LogP contribution in [0, 0.1) is 0 Å². The second-order valence-electron chi connectivity index (χ2n) is 4.23. The van der Waals surface area contributed by atoms with E-state index in [2.05, 4.69) is 22.5 Å². The summed E-state index contributed by atoms with van der Waals surface area (Å²) in [5, 5.41) is 7.75. The quantitative estimate of drug-likeness (QED) is 0.858. The number of thiophene rings is 1. The predicted octanol–water partition coefficient (Wildman–Crippen LogP) is 2.24. The van der Waals surface area contributed by atoms with Crippen LogP contribution in [0.25, 0.3) is 0 Å². The molecule has 2 aromatic rings. The molecule has 0 radical (unpaired) electrons. The lowest BCUT2D eigenvalue weighted by Gasteiger charge is -1.99. The zero-order chi connectivity index (χ0) is 10.8. The van der Waals surface area contributed by atoms with Crippen molar-refractivity contribution < 1.29 is 0 Å². The van der Waals surface area contributed by atoms with Crippen LogP contribution in [-0.4, -0.2) is 15.8 Å². The van der Waals surface area contributed by atoms with Gasteiger partial charge in [-0.3, -0.25) is 4.68 Å². The van der Waals surface area contributed by atoms with Crippen molar-refractivity contribution in [3.63, 3.8) is 0 Å². The first-order valence-corrected chi connectivity index (χ1v) is 6.50. The molecule has 0 aliphatic heterocycles. The van der Waals surface area contributed by atoms with E-state index < -0.39 is 0 Å². The largest absolute Gasteiger partial charge is 0.309 e. The van der Waals surface area contributed by atoms with Gasteiger partial charge < -0.3 is 5.32 Å². The standard InChI is InChI=1S/C12H15N3S/c1-6-14-15(7-1)9-12-5-4-11(16-12)8-13-10-2-3-10/h1,4-7,10,13H,2-3,8-9H2. The van der Waals surface area contributed by atoms with Crippen molar-refractivity contribution in [1.82, 2.24) is 15.1 Å². The third kappa shape index (κ3) is 2.51. The summed E-state index contributed by atoms with van der Waals surface area (Å²) in [4.78, 5) is 2.80. The van der Waals surface area contributed by atoms with Gasteiger partial charge in [0, 0.05) is 34.7 Å². The van der Waals surface area contributed by atoms with Gasteiger partial charge in [-0.2, -0.15) is 5.10 Å². The van der Waals surface area contributed by atoms with Gasteiger partial charge in [-0.05, 0) is 31.0 Å².